The summed E-state index contributed by atoms with van der Waals surface area (Å²) >= 11 is 0. The van der Waals surface area contributed by atoms with Gasteiger partial charge in [0.15, 0.2) is 0 Å². The van der Waals surface area contributed by atoms with Gasteiger partial charge in [0.05, 0.1) is 0 Å². The topological polar surface area (TPSA) is 21.8 Å². The van der Waals surface area contributed by atoms with E-state index in [2.05, 4.69) is 34.0 Å². The first-order valence-corrected chi connectivity index (χ1v) is 9.08. The number of rotatable bonds is 3. The van der Waals surface area contributed by atoms with Gasteiger partial charge in [-0.3, -0.25) is 4.90 Å². The van der Waals surface area contributed by atoms with Crippen molar-refractivity contribution in [1.82, 2.24) is 20.0 Å². The van der Waals surface area contributed by atoms with Crippen molar-refractivity contribution in [3.63, 3.8) is 0 Å². The average molecular weight is 331 g/mol. The van der Waals surface area contributed by atoms with Crippen molar-refractivity contribution in [2.75, 3.05) is 66.0 Å². The molecule has 0 bridgehead atoms. The fourth-order valence-corrected chi connectivity index (χ4v) is 4.53. The zero-order valence-electron chi connectivity index (χ0n) is 14.5. The molecule has 0 aromatic heterocycles. The predicted octanol–water partition coefficient (Wildman–Crippen LogP) is 1.37. The minimum atomic E-state index is 0. The molecule has 0 spiro atoms. The van der Waals surface area contributed by atoms with E-state index in [0.29, 0.717) is 0 Å². The van der Waals surface area contributed by atoms with E-state index in [-0.39, 0.29) is 12.4 Å². The minimum absolute atomic E-state index is 0. The van der Waals surface area contributed by atoms with Gasteiger partial charge in [-0.2, -0.15) is 0 Å². The Balaban J connectivity index is 0.00000176. The summed E-state index contributed by atoms with van der Waals surface area (Å²) in [5, 5.41) is 3.56. The fraction of sp³-hybridized carbons (Fsp3) is 1.00. The molecule has 130 valence electrons. The Morgan fingerprint density at radius 1 is 1.05 bits per heavy atom. The summed E-state index contributed by atoms with van der Waals surface area (Å²) in [5.74, 6) is 1.73. The molecule has 4 nitrogen and oxygen atoms in total. The van der Waals surface area contributed by atoms with Crippen LogP contribution in [0.1, 0.15) is 26.2 Å². The van der Waals surface area contributed by atoms with E-state index < -0.39 is 0 Å². The standard InChI is InChI=1S/C17H34N4.ClH/c1-15-13-20(14-16-4-3-6-18-12-16)7-5-17(15)21-10-8-19(2)9-11-21;/h15-18H,3-14H2,1-2H3;1H. The maximum Gasteiger partial charge on any atom is 0.0146 e. The third-order valence-electron chi connectivity index (χ3n) is 5.87. The highest BCUT2D eigenvalue weighted by Gasteiger charge is 2.32. The van der Waals surface area contributed by atoms with Crippen LogP contribution in [-0.4, -0.2) is 86.7 Å². The average Bonchev–Trinajstić information content (AvgIpc) is 2.50. The molecular formula is C17H35ClN4. The van der Waals surface area contributed by atoms with Crippen molar-refractivity contribution < 1.29 is 0 Å². The second-order valence-corrected chi connectivity index (χ2v) is 7.64. The highest BCUT2D eigenvalue weighted by molar-refractivity contribution is 5.85. The number of likely N-dealkylation sites (N-methyl/N-ethyl adjacent to an activating group) is 1. The third-order valence-corrected chi connectivity index (χ3v) is 5.87. The maximum atomic E-state index is 3.56. The lowest BCUT2D eigenvalue weighted by molar-refractivity contribution is 0.0291. The number of hydrogen-bond donors (Lipinski definition) is 1. The van der Waals surface area contributed by atoms with Gasteiger partial charge >= 0.3 is 0 Å². The summed E-state index contributed by atoms with van der Waals surface area (Å²) in [6.45, 7) is 14.0. The summed E-state index contributed by atoms with van der Waals surface area (Å²) < 4.78 is 0. The van der Waals surface area contributed by atoms with Crippen LogP contribution in [0.2, 0.25) is 0 Å². The predicted molar refractivity (Wildman–Crippen MR) is 95.9 cm³/mol. The molecular weight excluding hydrogens is 296 g/mol. The third kappa shape index (κ3) is 4.81. The number of hydrogen-bond acceptors (Lipinski definition) is 4. The highest BCUT2D eigenvalue weighted by Crippen LogP contribution is 2.24. The fourth-order valence-electron chi connectivity index (χ4n) is 4.53. The molecule has 3 atom stereocenters. The number of nitrogens with one attached hydrogen (secondary N) is 1. The molecule has 3 saturated heterocycles. The van der Waals surface area contributed by atoms with Gasteiger partial charge in [0.2, 0.25) is 0 Å². The van der Waals surface area contributed by atoms with Crippen LogP contribution in [0, 0.1) is 11.8 Å². The Kier molecular flexibility index (Phi) is 7.42. The van der Waals surface area contributed by atoms with Crippen molar-refractivity contribution in [3.05, 3.63) is 0 Å². The summed E-state index contributed by atoms with van der Waals surface area (Å²) in [7, 11) is 2.25. The van der Waals surface area contributed by atoms with Crippen molar-refractivity contribution >= 4 is 12.4 Å². The number of halogens is 1. The molecule has 3 heterocycles. The van der Waals surface area contributed by atoms with Gasteiger partial charge < -0.3 is 15.1 Å². The van der Waals surface area contributed by atoms with Crippen LogP contribution in [0.3, 0.4) is 0 Å². The molecule has 0 radical (unpaired) electrons. The van der Waals surface area contributed by atoms with Crippen LogP contribution in [0.5, 0.6) is 0 Å². The number of nitrogens with zero attached hydrogens (tertiary/aromatic N) is 3. The van der Waals surface area contributed by atoms with Crippen LogP contribution >= 0.6 is 12.4 Å². The molecule has 3 unspecified atom stereocenters. The van der Waals surface area contributed by atoms with E-state index in [1.807, 2.05) is 0 Å². The molecule has 3 aliphatic rings. The lowest BCUT2D eigenvalue weighted by Gasteiger charge is -2.46. The Morgan fingerprint density at radius 2 is 1.82 bits per heavy atom. The first-order valence-electron chi connectivity index (χ1n) is 9.08. The first kappa shape index (κ1) is 18.5. The van der Waals surface area contributed by atoms with Crippen molar-refractivity contribution in [1.29, 1.82) is 0 Å². The Morgan fingerprint density at radius 3 is 2.45 bits per heavy atom. The summed E-state index contributed by atoms with van der Waals surface area (Å²) in [6.07, 6.45) is 4.18. The number of piperazine rings is 1. The van der Waals surface area contributed by atoms with Gasteiger partial charge in [0, 0.05) is 45.3 Å². The molecule has 3 aliphatic heterocycles. The Bertz CT molecular complexity index is 314. The van der Waals surface area contributed by atoms with Gasteiger partial charge in [-0.05, 0) is 57.8 Å². The highest BCUT2D eigenvalue weighted by atomic mass is 35.5. The summed E-state index contributed by atoms with van der Waals surface area (Å²) in [6, 6.07) is 0.833. The van der Waals surface area contributed by atoms with Crippen molar-refractivity contribution in [3.8, 4) is 0 Å². The molecule has 0 saturated carbocycles. The van der Waals surface area contributed by atoms with Gasteiger partial charge in [0.25, 0.3) is 0 Å². The van der Waals surface area contributed by atoms with Crippen LogP contribution < -0.4 is 5.32 Å². The van der Waals surface area contributed by atoms with Crippen LogP contribution in [0.15, 0.2) is 0 Å². The van der Waals surface area contributed by atoms with E-state index in [4.69, 9.17) is 0 Å². The van der Waals surface area contributed by atoms with Crippen LogP contribution in [-0.2, 0) is 0 Å². The molecule has 1 N–H and O–H groups in total. The van der Waals surface area contributed by atoms with E-state index >= 15 is 0 Å². The van der Waals surface area contributed by atoms with Gasteiger partial charge in [-0.25, -0.2) is 0 Å². The van der Waals surface area contributed by atoms with Gasteiger partial charge in [-0.15, -0.1) is 12.4 Å². The molecule has 3 fully saturated rings. The number of piperidine rings is 2. The van der Waals surface area contributed by atoms with E-state index in [9.17, 15) is 0 Å². The minimum Gasteiger partial charge on any atom is -0.316 e. The lowest BCUT2D eigenvalue weighted by Crippen LogP contribution is -2.56. The Hall–Kier alpha value is 0.130. The van der Waals surface area contributed by atoms with Gasteiger partial charge in [0.1, 0.15) is 0 Å². The largest absolute Gasteiger partial charge is 0.316 e. The first-order chi connectivity index (χ1) is 10.2. The van der Waals surface area contributed by atoms with E-state index in [0.717, 1.165) is 17.9 Å². The summed E-state index contributed by atoms with van der Waals surface area (Å²) in [4.78, 5) is 7.98. The molecule has 0 aliphatic carbocycles. The molecule has 0 aromatic carbocycles. The van der Waals surface area contributed by atoms with E-state index in [1.54, 1.807) is 0 Å². The second kappa shape index (κ2) is 8.84. The van der Waals surface area contributed by atoms with Gasteiger partial charge in [-0.1, -0.05) is 6.92 Å². The summed E-state index contributed by atoms with van der Waals surface area (Å²) in [5.41, 5.74) is 0. The smallest absolute Gasteiger partial charge is 0.0146 e. The quantitative estimate of drug-likeness (QED) is 0.843. The molecule has 22 heavy (non-hydrogen) atoms. The van der Waals surface area contributed by atoms with E-state index in [1.165, 1.54) is 78.2 Å². The second-order valence-electron chi connectivity index (χ2n) is 7.64. The monoisotopic (exact) mass is 330 g/mol. The number of likely N-dealkylation sites (tertiary alicyclic amines) is 1. The maximum absolute atomic E-state index is 3.56. The molecule has 0 aromatic rings. The van der Waals surface area contributed by atoms with Crippen molar-refractivity contribution in [2.24, 2.45) is 11.8 Å². The zero-order chi connectivity index (χ0) is 14.7. The van der Waals surface area contributed by atoms with Crippen molar-refractivity contribution in [2.45, 2.75) is 32.2 Å². The molecule has 0 amide bonds. The molecule has 5 heteroatoms. The Labute approximate surface area is 143 Å². The zero-order valence-corrected chi connectivity index (χ0v) is 15.3. The van der Waals surface area contributed by atoms with Crippen LogP contribution in [0.4, 0.5) is 0 Å². The van der Waals surface area contributed by atoms with Crippen LogP contribution in [0.25, 0.3) is 0 Å². The lowest BCUT2D eigenvalue weighted by atomic mass is 9.90. The SMILES string of the molecule is CC1CN(CC2CCCNC2)CCC1N1CCN(C)CC1.Cl. The normalized spacial score (nSPS) is 36.0. The molecule has 3 rings (SSSR count).